The first kappa shape index (κ1) is 15.0. The summed E-state index contributed by atoms with van der Waals surface area (Å²) in [7, 11) is 0. The lowest BCUT2D eigenvalue weighted by Gasteiger charge is -2.48. The van der Waals surface area contributed by atoms with Crippen LogP contribution in [0.3, 0.4) is 0 Å². The lowest BCUT2D eigenvalue weighted by molar-refractivity contribution is -0.133. The van der Waals surface area contributed by atoms with Gasteiger partial charge in [0, 0.05) is 18.7 Å². The number of nitrogen functional groups attached to an aromatic ring is 1. The van der Waals surface area contributed by atoms with Crippen LogP contribution in [0, 0.1) is 0 Å². The van der Waals surface area contributed by atoms with Crippen LogP contribution in [0.25, 0.3) is 0 Å². The van der Waals surface area contributed by atoms with E-state index in [-0.39, 0.29) is 11.2 Å². The zero-order chi connectivity index (χ0) is 15.0. The van der Waals surface area contributed by atoms with Crippen molar-refractivity contribution in [1.82, 2.24) is 9.97 Å². The molecule has 1 fully saturated rings. The van der Waals surface area contributed by atoms with E-state index in [4.69, 9.17) is 10.6 Å². The van der Waals surface area contributed by atoms with Crippen molar-refractivity contribution in [2.24, 2.45) is 5.84 Å². The molecule has 3 N–H and O–H groups in total. The molecule has 0 saturated carbocycles. The van der Waals surface area contributed by atoms with Crippen LogP contribution in [-0.4, -0.2) is 34.3 Å². The Kier molecular flexibility index (Phi) is 3.88. The number of rotatable bonds is 3. The van der Waals surface area contributed by atoms with Crippen LogP contribution in [0.2, 0.25) is 0 Å². The minimum atomic E-state index is -0.214. The first-order valence-corrected chi connectivity index (χ1v) is 7.03. The second-order valence-corrected chi connectivity index (χ2v) is 6.50. The Balaban J connectivity index is 2.40. The molecule has 0 aliphatic carbocycles. The maximum absolute atomic E-state index is 6.12. The maximum atomic E-state index is 6.12. The van der Waals surface area contributed by atoms with Gasteiger partial charge in [-0.05, 0) is 34.1 Å². The number of hydrazine groups is 1. The molecule has 20 heavy (non-hydrogen) atoms. The summed E-state index contributed by atoms with van der Waals surface area (Å²) < 4.78 is 6.12. The lowest BCUT2D eigenvalue weighted by Crippen LogP contribution is -2.57. The summed E-state index contributed by atoms with van der Waals surface area (Å²) in [6, 6.07) is 0. The topological polar surface area (TPSA) is 76.3 Å². The summed E-state index contributed by atoms with van der Waals surface area (Å²) in [6.07, 6.45) is 2.38. The summed E-state index contributed by atoms with van der Waals surface area (Å²) >= 11 is 0. The molecule has 6 nitrogen and oxygen atoms in total. The number of nitrogens with one attached hydrogen (secondary N) is 1. The molecule has 0 amide bonds. The summed E-state index contributed by atoms with van der Waals surface area (Å²) in [5.41, 5.74) is 3.27. The number of nitrogens with two attached hydrogens (primary N) is 1. The highest BCUT2D eigenvalue weighted by molar-refractivity contribution is 5.58. The van der Waals surface area contributed by atoms with Crippen LogP contribution < -0.4 is 16.2 Å². The highest BCUT2D eigenvalue weighted by atomic mass is 16.5. The quantitative estimate of drug-likeness (QED) is 0.648. The second-order valence-electron chi connectivity index (χ2n) is 6.50. The van der Waals surface area contributed by atoms with Crippen molar-refractivity contribution in [2.45, 2.75) is 52.2 Å². The molecule has 1 aromatic rings. The molecule has 0 radical (unpaired) electrons. The van der Waals surface area contributed by atoms with Crippen LogP contribution in [-0.2, 0) is 11.2 Å². The fourth-order valence-electron chi connectivity index (χ4n) is 3.06. The summed E-state index contributed by atoms with van der Waals surface area (Å²) in [5, 5.41) is 0. The van der Waals surface area contributed by atoms with Crippen molar-refractivity contribution in [1.29, 1.82) is 0 Å². The third-order valence-electron chi connectivity index (χ3n) is 3.41. The van der Waals surface area contributed by atoms with E-state index < -0.39 is 0 Å². The van der Waals surface area contributed by atoms with E-state index in [2.05, 4.69) is 54.9 Å². The average molecular weight is 279 g/mol. The molecule has 6 heteroatoms. The molecule has 1 saturated heterocycles. The van der Waals surface area contributed by atoms with Gasteiger partial charge in [-0.25, -0.2) is 15.8 Å². The van der Waals surface area contributed by atoms with Gasteiger partial charge in [-0.1, -0.05) is 6.92 Å². The summed E-state index contributed by atoms with van der Waals surface area (Å²) in [6.45, 7) is 12.1. The Morgan fingerprint density at radius 2 is 1.85 bits per heavy atom. The van der Waals surface area contributed by atoms with Gasteiger partial charge >= 0.3 is 0 Å². The Labute approximate surface area is 120 Å². The van der Waals surface area contributed by atoms with E-state index in [0.717, 1.165) is 30.9 Å². The number of morpholine rings is 1. The number of hydrogen-bond donors (Lipinski definition) is 2. The Bertz CT molecular complexity index is 470. The van der Waals surface area contributed by atoms with Crippen LogP contribution >= 0.6 is 0 Å². The van der Waals surface area contributed by atoms with Gasteiger partial charge in [0.2, 0.25) is 0 Å². The molecule has 1 aliphatic rings. The Hall–Kier alpha value is -1.40. The largest absolute Gasteiger partial charge is 0.366 e. The van der Waals surface area contributed by atoms with Crippen LogP contribution in [0.4, 0.5) is 11.6 Å². The molecule has 0 atom stereocenters. The molecule has 0 unspecified atom stereocenters. The molecule has 0 bridgehead atoms. The third kappa shape index (κ3) is 3.02. The van der Waals surface area contributed by atoms with Crippen LogP contribution in [0.15, 0.2) is 6.33 Å². The third-order valence-corrected chi connectivity index (χ3v) is 3.41. The zero-order valence-corrected chi connectivity index (χ0v) is 13.0. The van der Waals surface area contributed by atoms with Gasteiger partial charge in [-0.15, -0.1) is 0 Å². The Morgan fingerprint density at radius 3 is 2.35 bits per heavy atom. The Morgan fingerprint density at radius 1 is 1.25 bits per heavy atom. The van der Waals surface area contributed by atoms with Crippen molar-refractivity contribution in [3.8, 4) is 0 Å². The van der Waals surface area contributed by atoms with Crippen LogP contribution in [0.1, 0.15) is 40.2 Å². The number of hydrogen-bond acceptors (Lipinski definition) is 6. The maximum Gasteiger partial charge on any atom is 0.148 e. The van der Waals surface area contributed by atoms with Crippen molar-refractivity contribution < 1.29 is 4.74 Å². The van der Waals surface area contributed by atoms with Gasteiger partial charge in [0.05, 0.1) is 11.2 Å². The molecule has 112 valence electrons. The molecular formula is C14H25N5O. The number of nitrogens with zero attached hydrogens (tertiary/aromatic N) is 3. The SMILES string of the molecule is CCc1c(NN)ncnc1N1CC(C)(C)OC(C)(C)C1. The minimum Gasteiger partial charge on any atom is -0.366 e. The molecule has 2 rings (SSSR count). The highest BCUT2D eigenvalue weighted by Crippen LogP contribution is 2.33. The van der Waals surface area contributed by atoms with E-state index >= 15 is 0 Å². The van der Waals surface area contributed by atoms with E-state index in [1.807, 2.05) is 0 Å². The van der Waals surface area contributed by atoms with Gasteiger partial charge in [0.15, 0.2) is 0 Å². The van der Waals surface area contributed by atoms with E-state index in [9.17, 15) is 0 Å². The predicted octanol–water partition coefficient (Wildman–Crippen LogP) is 1.72. The molecule has 0 aromatic carbocycles. The smallest absolute Gasteiger partial charge is 0.148 e. The molecule has 1 aromatic heterocycles. The molecule has 1 aliphatic heterocycles. The first-order chi connectivity index (χ1) is 9.28. The minimum absolute atomic E-state index is 0.214. The number of aromatic nitrogens is 2. The van der Waals surface area contributed by atoms with Crippen molar-refractivity contribution in [3.05, 3.63) is 11.9 Å². The molecule has 0 spiro atoms. The normalized spacial score (nSPS) is 20.8. The average Bonchev–Trinajstić information content (AvgIpc) is 2.33. The lowest BCUT2D eigenvalue weighted by atomic mass is 9.98. The van der Waals surface area contributed by atoms with E-state index in [1.165, 1.54) is 0 Å². The fraction of sp³-hybridized carbons (Fsp3) is 0.714. The molecular weight excluding hydrogens is 254 g/mol. The van der Waals surface area contributed by atoms with E-state index in [0.29, 0.717) is 5.82 Å². The standard InChI is InChI=1S/C14H25N5O/c1-6-10-11(18-15)16-9-17-12(10)19-7-13(2,3)20-14(4,5)8-19/h9H,6-8,15H2,1-5H3,(H,16,17,18). The van der Waals surface area contributed by atoms with E-state index in [1.54, 1.807) is 6.33 Å². The highest BCUT2D eigenvalue weighted by Gasteiger charge is 2.39. The van der Waals surface area contributed by atoms with Crippen molar-refractivity contribution in [2.75, 3.05) is 23.4 Å². The van der Waals surface area contributed by atoms with Crippen molar-refractivity contribution >= 4 is 11.6 Å². The van der Waals surface area contributed by atoms with Gasteiger partial charge in [-0.3, -0.25) is 0 Å². The monoisotopic (exact) mass is 279 g/mol. The second kappa shape index (κ2) is 5.18. The van der Waals surface area contributed by atoms with Gasteiger partial charge < -0.3 is 15.1 Å². The number of ether oxygens (including phenoxy) is 1. The predicted molar refractivity (Wildman–Crippen MR) is 80.7 cm³/mol. The van der Waals surface area contributed by atoms with Crippen molar-refractivity contribution in [3.63, 3.8) is 0 Å². The van der Waals surface area contributed by atoms with Gasteiger partial charge in [-0.2, -0.15) is 0 Å². The van der Waals surface area contributed by atoms with Gasteiger partial charge in [0.25, 0.3) is 0 Å². The number of anilines is 2. The van der Waals surface area contributed by atoms with Crippen LogP contribution in [0.5, 0.6) is 0 Å². The summed E-state index contributed by atoms with van der Waals surface area (Å²) in [4.78, 5) is 10.9. The zero-order valence-electron chi connectivity index (χ0n) is 13.0. The first-order valence-electron chi connectivity index (χ1n) is 7.03. The fourth-order valence-corrected chi connectivity index (χ4v) is 3.06. The van der Waals surface area contributed by atoms with Gasteiger partial charge in [0.1, 0.15) is 18.0 Å². The summed E-state index contributed by atoms with van der Waals surface area (Å²) in [5.74, 6) is 7.19. The molecule has 2 heterocycles.